The lowest BCUT2D eigenvalue weighted by atomic mass is 10.2. The highest BCUT2D eigenvalue weighted by atomic mass is 127. The van der Waals surface area contributed by atoms with E-state index in [1.165, 1.54) is 12.1 Å². The van der Waals surface area contributed by atoms with Crippen molar-refractivity contribution in [3.05, 3.63) is 38.3 Å². The van der Waals surface area contributed by atoms with Gasteiger partial charge in [0.15, 0.2) is 5.82 Å². The molecule has 0 fully saturated rings. The van der Waals surface area contributed by atoms with Gasteiger partial charge in [0.1, 0.15) is 11.6 Å². The molecule has 0 saturated carbocycles. The Morgan fingerprint density at radius 1 is 1.24 bits per heavy atom. The van der Waals surface area contributed by atoms with Crippen LogP contribution in [-0.2, 0) is 6.42 Å². The van der Waals surface area contributed by atoms with Crippen molar-refractivity contribution in [3.63, 3.8) is 0 Å². The second-order valence-corrected chi connectivity index (χ2v) is 6.11. The summed E-state index contributed by atoms with van der Waals surface area (Å²) >= 11 is 8.17. The first-order valence-electron chi connectivity index (χ1n) is 6.81. The molecular weight excluding hydrogens is 404 g/mol. The summed E-state index contributed by atoms with van der Waals surface area (Å²) < 4.78 is 14.5. The third-order valence-electron chi connectivity index (χ3n) is 2.87. The predicted octanol–water partition coefficient (Wildman–Crippen LogP) is 4.93. The number of nitrogens with zero attached hydrogens (tertiary/aromatic N) is 2. The third kappa shape index (κ3) is 4.03. The summed E-state index contributed by atoms with van der Waals surface area (Å²) in [6.07, 6.45) is 1.84. The van der Waals surface area contributed by atoms with E-state index in [9.17, 15) is 4.39 Å². The summed E-state index contributed by atoms with van der Waals surface area (Å²) in [5.41, 5.74) is 1.56. The molecule has 3 nitrogen and oxygen atoms in total. The van der Waals surface area contributed by atoms with E-state index in [-0.39, 0.29) is 5.82 Å². The van der Waals surface area contributed by atoms with Crippen molar-refractivity contribution in [2.45, 2.75) is 26.7 Å². The Balaban J connectivity index is 2.56. The average Bonchev–Trinajstić information content (AvgIpc) is 2.42. The molecule has 2 rings (SSSR count). The lowest BCUT2D eigenvalue weighted by Gasteiger charge is -2.12. The first-order chi connectivity index (χ1) is 10.0. The van der Waals surface area contributed by atoms with Gasteiger partial charge in [-0.15, -0.1) is 0 Å². The molecule has 0 aliphatic heterocycles. The summed E-state index contributed by atoms with van der Waals surface area (Å²) in [5, 5.41) is 3.57. The molecule has 0 aliphatic rings. The third-order valence-corrected chi connectivity index (χ3v) is 4.22. The van der Waals surface area contributed by atoms with Crippen LogP contribution in [0.15, 0.2) is 18.2 Å². The standard InChI is InChI=1S/C15H16ClFIN3/c1-3-5-12-13(18)15(19-4-2)21-14(20-12)9-6-10(16)8-11(17)7-9/h6-8H,3-5H2,1-2H3,(H,19,20,21). The second-order valence-electron chi connectivity index (χ2n) is 4.59. The average molecular weight is 420 g/mol. The van der Waals surface area contributed by atoms with E-state index in [1.54, 1.807) is 6.07 Å². The van der Waals surface area contributed by atoms with Crippen LogP contribution < -0.4 is 5.32 Å². The summed E-state index contributed by atoms with van der Waals surface area (Å²) in [7, 11) is 0. The van der Waals surface area contributed by atoms with Crippen LogP contribution in [0.5, 0.6) is 0 Å². The van der Waals surface area contributed by atoms with Crippen LogP contribution in [0.25, 0.3) is 11.4 Å². The van der Waals surface area contributed by atoms with Crippen LogP contribution in [0.2, 0.25) is 5.02 Å². The van der Waals surface area contributed by atoms with Crippen molar-refractivity contribution in [2.24, 2.45) is 0 Å². The highest BCUT2D eigenvalue weighted by molar-refractivity contribution is 14.1. The molecular formula is C15H16ClFIN3. The molecule has 0 saturated heterocycles. The van der Waals surface area contributed by atoms with E-state index in [2.05, 4.69) is 44.8 Å². The number of hydrogen-bond donors (Lipinski definition) is 1. The van der Waals surface area contributed by atoms with Gasteiger partial charge in [-0.25, -0.2) is 14.4 Å². The number of benzene rings is 1. The van der Waals surface area contributed by atoms with Crippen LogP contribution >= 0.6 is 34.2 Å². The van der Waals surface area contributed by atoms with Crippen molar-refractivity contribution < 1.29 is 4.39 Å². The zero-order chi connectivity index (χ0) is 15.4. The molecule has 0 bridgehead atoms. The maximum Gasteiger partial charge on any atom is 0.161 e. The van der Waals surface area contributed by atoms with Crippen LogP contribution in [0.3, 0.4) is 0 Å². The first-order valence-corrected chi connectivity index (χ1v) is 8.27. The molecule has 0 unspecified atom stereocenters. The van der Waals surface area contributed by atoms with Gasteiger partial charge in [-0.1, -0.05) is 24.9 Å². The molecule has 0 amide bonds. The van der Waals surface area contributed by atoms with Crippen molar-refractivity contribution in [1.29, 1.82) is 0 Å². The number of nitrogens with one attached hydrogen (secondary N) is 1. The molecule has 1 N–H and O–H groups in total. The molecule has 6 heteroatoms. The maximum absolute atomic E-state index is 13.5. The Morgan fingerprint density at radius 2 is 2.00 bits per heavy atom. The van der Waals surface area contributed by atoms with Crippen molar-refractivity contribution in [3.8, 4) is 11.4 Å². The van der Waals surface area contributed by atoms with E-state index in [1.807, 2.05) is 6.92 Å². The molecule has 112 valence electrons. The van der Waals surface area contributed by atoms with Gasteiger partial charge >= 0.3 is 0 Å². The van der Waals surface area contributed by atoms with Gasteiger partial charge in [0.2, 0.25) is 0 Å². The minimum atomic E-state index is -0.387. The van der Waals surface area contributed by atoms with E-state index in [4.69, 9.17) is 11.6 Å². The van der Waals surface area contributed by atoms with Gasteiger partial charge in [0.25, 0.3) is 0 Å². The van der Waals surface area contributed by atoms with Crippen molar-refractivity contribution in [1.82, 2.24) is 9.97 Å². The lowest BCUT2D eigenvalue weighted by molar-refractivity contribution is 0.628. The van der Waals surface area contributed by atoms with Crippen LogP contribution in [-0.4, -0.2) is 16.5 Å². The Kier molecular flexibility index (Phi) is 5.75. The molecule has 2 aromatic rings. The minimum Gasteiger partial charge on any atom is -0.369 e. The highest BCUT2D eigenvalue weighted by Crippen LogP contribution is 2.27. The van der Waals surface area contributed by atoms with Gasteiger partial charge in [0.05, 0.1) is 9.26 Å². The number of rotatable bonds is 5. The van der Waals surface area contributed by atoms with Crippen molar-refractivity contribution in [2.75, 3.05) is 11.9 Å². The molecule has 1 aromatic carbocycles. The summed E-state index contributed by atoms with van der Waals surface area (Å²) in [6, 6.07) is 4.35. The molecule has 21 heavy (non-hydrogen) atoms. The maximum atomic E-state index is 13.5. The Labute approximate surface area is 142 Å². The summed E-state index contributed by atoms with van der Waals surface area (Å²) in [5.74, 6) is 0.893. The zero-order valence-corrected chi connectivity index (χ0v) is 14.8. The smallest absolute Gasteiger partial charge is 0.161 e. The van der Waals surface area contributed by atoms with Gasteiger partial charge in [-0.05, 0) is 54.1 Å². The zero-order valence-electron chi connectivity index (χ0n) is 11.9. The minimum absolute atomic E-state index is 0.342. The van der Waals surface area contributed by atoms with E-state index in [0.29, 0.717) is 16.4 Å². The normalized spacial score (nSPS) is 10.7. The van der Waals surface area contributed by atoms with Gasteiger partial charge < -0.3 is 5.32 Å². The van der Waals surface area contributed by atoms with E-state index >= 15 is 0 Å². The fourth-order valence-electron chi connectivity index (χ4n) is 1.99. The highest BCUT2D eigenvalue weighted by Gasteiger charge is 2.13. The molecule has 0 radical (unpaired) electrons. The number of anilines is 1. The van der Waals surface area contributed by atoms with Crippen LogP contribution in [0.4, 0.5) is 10.2 Å². The Bertz CT molecular complexity index is 602. The SMILES string of the molecule is CCCc1nc(-c2cc(F)cc(Cl)c2)nc(NCC)c1I. The largest absolute Gasteiger partial charge is 0.369 e. The van der Waals surface area contributed by atoms with Crippen LogP contribution in [0, 0.1) is 9.39 Å². The predicted molar refractivity (Wildman–Crippen MR) is 93.3 cm³/mol. The fraction of sp³-hybridized carbons (Fsp3) is 0.333. The number of aromatic nitrogens is 2. The van der Waals surface area contributed by atoms with E-state index in [0.717, 1.165) is 34.5 Å². The van der Waals surface area contributed by atoms with Gasteiger partial charge in [0, 0.05) is 17.1 Å². The lowest BCUT2D eigenvalue weighted by Crippen LogP contribution is -2.08. The number of halogens is 3. The van der Waals surface area contributed by atoms with Crippen LogP contribution in [0.1, 0.15) is 26.0 Å². The summed E-state index contributed by atoms with van der Waals surface area (Å²) in [6.45, 7) is 4.88. The monoisotopic (exact) mass is 419 g/mol. The van der Waals surface area contributed by atoms with Gasteiger partial charge in [-0.2, -0.15) is 0 Å². The molecule has 1 aromatic heterocycles. The first kappa shape index (κ1) is 16.4. The quantitative estimate of drug-likeness (QED) is 0.699. The topological polar surface area (TPSA) is 37.8 Å². The van der Waals surface area contributed by atoms with Gasteiger partial charge in [-0.3, -0.25) is 0 Å². The second kappa shape index (κ2) is 7.35. The molecule has 0 spiro atoms. The fourth-order valence-corrected chi connectivity index (χ4v) is 2.92. The Hall–Kier alpha value is -0.950. The van der Waals surface area contributed by atoms with E-state index < -0.39 is 0 Å². The summed E-state index contributed by atoms with van der Waals surface area (Å²) in [4.78, 5) is 9.08. The number of hydrogen-bond acceptors (Lipinski definition) is 3. The molecule has 0 atom stereocenters. The number of aryl methyl sites for hydroxylation is 1. The van der Waals surface area contributed by atoms with Crippen molar-refractivity contribution >= 4 is 40.0 Å². The Morgan fingerprint density at radius 3 is 2.62 bits per heavy atom. The molecule has 1 heterocycles. The molecule has 0 aliphatic carbocycles.